The van der Waals surface area contributed by atoms with E-state index in [9.17, 15) is 14.4 Å². The van der Waals surface area contributed by atoms with Crippen molar-refractivity contribution in [1.29, 1.82) is 0 Å². The lowest BCUT2D eigenvalue weighted by Gasteiger charge is -2.65. The van der Waals surface area contributed by atoms with Gasteiger partial charge in [-0.1, -0.05) is 38.1 Å². The number of aryl methyl sites for hydroxylation is 3. The zero-order chi connectivity index (χ0) is 31.6. The lowest BCUT2D eigenvalue weighted by atomic mass is 9.48. The van der Waals surface area contributed by atoms with Crippen molar-refractivity contribution in [3.63, 3.8) is 0 Å². The Hall–Kier alpha value is -3.39. The number of hydrogen-bond donors (Lipinski definition) is 0. The summed E-state index contributed by atoms with van der Waals surface area (Å²) < 4.78 is 19.2. The third-order valence-corrected chi connectivity index (χ3v) is 10.7. The van der Waals surface area contributed by atoms with Crippen LogP contribution in [0, 0.1) is 19.8 Å². The molecule has 2 unspecified atom stereocenters. The molecule has 1 saturated heterocycles. The predicted molar refractivity (Wildman–Crippen MR) is 167 cm³/mol. The first-order valence-electron chi connectivity index (χ1n) is 16.1. The minimum Gasteiger partial charge on any atom is -0.483 e. The minimum absolute atomic E-state index is 0.0238. The van der Waals surface area contributed by atoms with E-state index >= 15 is 0 Å². The van der Waals surface area contributed by atoms with Crippen molar-refractivity contribution in [2.75, 3.05) is 20.1 Å². The summed E-state index contributed by atoms with van der Waals surface area (Å²) in [7, 11) is 2.11. The van der Waals surface area contributed by atoms with Crippen LogP contribution >= 0.6 is 0 Å². The van der Waals surface area contributed by atoms with E-state index < -0.39 is 23.1 Å². The molecule has 1 spiro atoms. The molecule has 2 aromatic carbocycles. The van der Waals surface area contributed by atoms with Gasteiger partial charge in [0.05, 0.1) is 17.5 Å². The highest BCUT2D eigenvalue weighted by molar-refractivity contribution is 5.78. The Labute approximate surface area is 261 Å². The Morgan fingerprint density at radius 2 is 1.84 bits per heavy atom. The third kappa shape index (κ3) is 4.72. The Morgan fingerprint density at radius 1 is 1.07 bits per heavy atom. The molecular formula is C36H46N2O6. The average molecular weight is 603 g/mol. The van der Waals surface area contributed by atoms with E-state index in [-0.39, 0.29) is 29.9 Å². The fraction of sp³-hybridized carbons (Fsp3) is 0.583. The molecule has 1 saturated carbocycles. The van der Waals surface area contributed by atoms with Crippen LogP contribution in [0.2, 0.25) is 0 Å². The highest BCUT2D eigenvalue weighted by atomic mass is 16.6. The fourth-order valence-corrected chi connectivity index (χ4v) is 8.87. The number of carbonyl (C=O) groups excluding carboxylic acids is 3. The quantitative estimate of drug-likeness (QED) is 0.308. The van der Waals surface area contributed by atoms with Crippen LogP contribution in [-0.4, -0.2) is 71.6 Å². The van der Waals surface area contributed by atoms with Crippen LogP contribution in [-0.2, 0) is 37.4 Å². The number of piperidine rings is 1. The van der Waals surface area contributed by atoms with Crippen molar-refractivity contribution in [2.45, 2.75) is 109 Å². The van der Waals surface area contributed by atoms with Crippen LogP contribution in [0.3, 0.4) is 0 Å². The third-order valence-electron chi connectivity index (χ3n) is 10.7. The van der Waals surface area contributed by atoms with Gasteiger partial charge in [0.1, 0.15) is 11.7 Å². The van der Waals surface area contributed by atoms with E-state index in [4.69, 9.17) is 14.2 Å². The first kappa shape index (κ1) is 30.6. The maximum absolute atomic E-state index is 14.2. The van der Waals surface area contributed by atoms with E-state index in [1.165, 1.54) is 25.0 Å². The van der Waals surface area contributed by atoms with Crippen LogP contribution in [0.4, 0.5) is 0 Å². The number of ether oxygens (including phenoxy) is 3. The molecule has 44 heavy (non-hydrogen) atoms. The number of nitrogens with zero attached hydrogens (tertiary/aromatic N) is 2. The Bertz CT molecular complexity index is 1500. The van der Waals surface area contributed by atoms with Gasteiger partial charge in [-0.05, 0) is 93.8 Å². The number of hydrogen-bond acceptors (Lipinski definition) is 7. The summed E-state index contributed by atoms with van der Waals surface area (Å²) in [5.41, 5.74) is 4.29. The Kier molecular flexibility index (Phi) is 7.80. The first-order valence-corrected chi connectivity index (χ1v) is 16.1. The number of likely N-dealkylation sites (tertiary alicyclic amines) is 1. The summed E-state index contributed by atoms with van der Waals surface area (Å²) in [5.74, 6) is 0.605. The summed E-state index contributed by atoms with van der Waals surface area (Å²) in [6.45, 7) is 12.8. The topological polar surface area (TPSA) is 85.4 Å². The number of carbonyl (C=O) groups is 3. The van der Waals surface area contributed by atoms with Gasteiger partial charge in [0.15, 0.2) is 11.5 Å². The number of likely N-dealkylation sites (N-methyl/N-ethyl adjacent to an activating group) is 1. The fourth-order valence-electron chi connectivity index (χ4n) is 8.87. The van der Waals surface area contributed by atoms with Crippen molar-refractivity contribution in [1.82, 2.24) is 9.80 Å². The van der Waals surface area contributed by atoms with Gasteiger partial charge in [0, 0.05) is 32.4 Å². The van der Waals surface area contributed by atoms with Crippen LogP contribution in [0.1, 0.15) is 81.2 Å². The first-order chi connectivity index (χ1) is 20.9. The highest BCUT2D eigenvalue weighted by Crippen LogP contribution is 2.67. The normalized spacial score (nSPS) is 28.2. The number of rotatable bonds is 8. The molecule has 2 fully saturated rings. The molecule has 4 aliphatic rings. The molecule has 8 heteroatoms. The predicted octanol–water partition coefficient (Wildman–Crippen LogP) is 5.07. The van der Waals surface area contributed by atoms with Crippen LogP contribution < -0.4 is 9.47 Å². The second-order valence-electron chi connectivity index (χ2n) is 13.9. The van der Waals surface area contributed by atoms with E-state index in [1.807, 2.05) is 12.1 Å². The van der Waals surface area contributed by atoms with Crippen molar-refractivity contribution < 1.29 is 28.6 Å². The van der Waals surface area contributed by atoms with Crippen molar-refractivity contribution in [3.05, 3.63) is 58.1 Å². The van der Waals surface area contributed by atoms with Gasteiger partial charge in [-0.15, -0.1) is 0 Å². The van der Waals surface area contributed by atoms with Crippen LogP contribution in [0.15, 0.2) is 30.3 Å². The van der Waals surface area contributed by atoms with Crippen LogP contribution in [0.5, 0.6) is 11.5 Å². The molecule has 1 amide bonds. The SMILES string of the molecule is CC(=O)Oc1ccc2c3c1OC1C(N(CC(C)C)C(=O)CCc4ccc(C)c(C)c4)CC[C@@]4(OC(C)=O)[C@@H](C2)N(C)CC[C@]314. The summed E-state index contributed by atoms with van der Waals surface area (Å²) in [6, 6.07) is 10.0. The average Bonchev–Trinajstić information content (AvgIpc) is 3.30. The second kappa shape index (κ2) is 11.2. The summed E-state index contributed by atoms with van der Waals surface area (Å²) in [6.07, 6.45) is 3.33. The molecule has 0 N–H and O–H groups in total. The lowest BCUT2D eigenvalue weighted by molar-refractivity contribution is -0.222. The van der Waals surface area contributed by atoms with Crippen molar-refractivity contribution in [3.8, 4) is 11.5 Å². The molecule has 0 radical (unpaired) electrons. The molecule has 2 aliphatic heterocycles. The van der Waals surface area contributed by atoms with Gasteiger partial charge in [-0.25, -0.2) is 0 Å². The smallest absolute Gasteiger partial charge is 0.308 e. The molecule has 8 nitrogen and oxygen atoms in total. The molecular weight excluding hydrogens is 556 g/mol. The van der Waals surface area contributed by atoms with Gasteiger partial charge >= 0.3 is 11.9 Å². The largest absolute Gasteiger partial charge is 0.483 e. The van der Waals surface area contributed by atoms with Crippen LogP contribution in [0.25, 0.3) is 0 Å². The number of esters is 2. The summed E-state index contributed by atoms with van der Waals surface area (Å²) in [4.78, 5) is 43.6. The van der Waals surface area contributed by atoms with E-state index in [0.29, 0.717) is 56.6 Å². The monoisotopic (exact) mass is 602 g/mol. The molecule has 2 aromatic rings. The van der Waals surface area contributed by atoms with Gasteiger partial charge in [-0.2, -0.15) is 0 Å². The molecule has 5 atom stereocenters. The number of benzene rings is 2. The molecule has 0 aromatic heterocycles. The molecule has 6 rings (SSSR count). The van der Waals surface area contributed by atoms with Gasteiger partial charge < -0.3 is 19.1 Å². The van der Waals surface area contributed by atoms with Crippen molar-refractivity contribution in [2.24, 2.45) is 5.92 Å². The van der Waals surface area contributed by atoms with Gasteiger partial charge in [0.25, 0.3) is 0 Å². The lowest BCUT2D eigenvalue weighted by Crippen LogP contribution is -2.79. The molecule has 2 heterocycles. The maximum Gasteiger partial charge on any atom is 0.308 e. The molecule has 2 bridgehead atoms. The van der Waals surface area contributed by atoms with Gasteiger partial charge in [-0.3, -0.25) is 19.3 Å². The van der Waals surface area contributed by atoms with Crippen molar-refractivity contribution >= 4 is 17.8 Å². The summed E-state index contributed by atoms with van der Waals surface area (Å²) in [5, 5.41) is 0. The Balaban J connectivity index is 1.44. The van der Waals surface area contributed by atoms with E-state index in [2.05, 4.69) is 62.7 Å². The molecule has 2 aliphatic carbocycles. The van der Waals surface area contributed by atoms with Gasteiger partial charge in [0.2, 0.25) is 5.91 Å². The molecule has 236 valence electrons. The zero-order valence-corrected chi connectivity index (χ0v) is 27.2. The second-order valence-corrected chi connectivity index (χ2v) is 13.9. The number of amides is 1. The van der Waals surface area contributed by atoms with E-state index in [0.717, 1.165) is 23.2 Å². The highest BCUT2D eigenvalue weighted by Gasteiger charge is 2.75. The zero-order valence-electron chi connectivity index (χ0n) is 27.2. The Morgan fingerprint density at radius 3 is 2.52 bits per heavy atom. The van der Waals surface area contributed by atoms with E-state index in [1.54, 1.807) is 0 Å². The standard InChI is InChI=1S/C36H46N2O6/c1-21(2)20-38(31(41)13-10-26-9-8-22(3)23(4)18-26)28-14-15-36(44-25(6)40)30-19-27-11-12-29(42-24(5)39)33-32(27)35(36,34(28)43-33)16-17-37(30)7/h8-9,11-12,18,21,28,30,34H,10,13-17,19-20H2,1-7H3/t28?,30-,34?,35+,36-/m1/s1. The minimum atomic E-state index is -0.813. The summed E-state index contributed by atoms with van der Waals surface area (Å²) >= 11 is 0. The maximum atomic E-state index is 14.2.